The van der Waals surface area contributed by atoms with E-state index in [2.05, 4.69) is 31.9 Å². The van der Waals surface area contributed by atoms with E-state index in [1.54, 1.807) is 24.6 Å². The van der Waals surface area contributed by atoms with Crippen LogP contribution in [0, 0.1) is 23.0 Å². The topological polar surface area (TPSA) is 397 Å². The van der Waals surface area contributed by atoms with Crippen LogP contribution < -0.4 is 43.4 Å². The maximum Gasteiger partial charge on any atom is 0.490 e. The SMILES string of the molecule is CC(C)[C@H](NC(=O)CCCCCN1C(=O)C=CC1=O)C(=O)N[C@@H](CCCNC(N)=O)C(=O)Nc1ccc(C[C@H](NC(=O)CCNC(=O)[C@@H](N)CCN(C(=O)CO)[C@@H](c2nc(-c3cc(F)ccc3F)cn2Cc2ccccc2)C(C)(C)C)C(=O)O)cc1.O=C(O)C(F)(F)F. The van der Waals surface area contributed by atoms with Crippen molar-refractivity contribution in [3.05, 3.63) is 120 Å². The predicted octanol–water partition coefficient (Wildman–Crippen LogP) is 3.95. The largest absolute Gasteiger partial charge is 0.490 e. The fourth-order valence-corrected chi connectivity index (χ4v) is 9.57. The second kappa shape index (κ2) is 35.8. The molecule has 0 radical (unpaired) electrons. The lowest BCUT2D eigenvalue weighted by Crippen LogP contribution is -2.54. The van der Waals surface area contributed by atoms with Crippen LogP contribution in [0.5, 0.6) is 0 Å². The molecule has 4 aromatic rings. The number of amides is 10. The van der Waals surface area contributed by atoms with E-state index in [9.17, 15) is 75.7 Å². The van der Waals surface area contributed by atoms with E-state index < -0.39 is 119 Å². The number of carboxylic acid groups (broad SMARTS) is 2. The molecule has 31 heteroatoms. The van der Waals surface area contributed by atoms with Gasteiger partial charge in [-0.15, -0.1) is 0 Å². The van der Waals surface area contributed by atoms with Crippen molar-refractivity contribution in [2.75, 3.05) is 38.1 Å². The Morgan fingerprint density at radius 2 is 1.35 bits per heavy atom. The zero-order valence-corrected chi connectivity index (χ0v) is 51.9. The average Bonchev–Trinajstić information content (AvgIpc) is 1.68. The zero-order valence-electron chi connectivity index (χ0n) is 51.9. The number of rotatable bonds is 33. The summed E-state index contributed by atoms with van der Waals surface area (Å²) >= 11 is 0. The van der Waals surface area contributed by atoms with Crippen molar-refractivity contribution in [3.8, 4) is 11.3 Å². The molecule has 10 amide bonds. The summed E-state index contributed by atoms with van der Waals surface area (Å²) in [4.78, 5) is 144. The number of urea groups is 1. The van der Waals surface area contributed by atoms with Gasteiger partial charge in [0.05, 0.1) is 17.8 Å². The van der Waals surface area contributed by atoms with Crippen LogP contribution in [0.3, 0.4) is 0 Å². The second-order valence-corrected chi connectivity index (χ2v) is 23.1. The first-order valence-corrected chi connectivity index (χ1v) is 29.6. The Hall–Kier alpha value is -9.65. The Kier molecular flexibility index (Phi) is 29.2. The molecule has 13 N–H and O–H groups in total. The number of imide groups is 1. The Bertz CT molecular complexity index is 3290. The molecule has 506 valence electrons. The van der Waals surface area contributed by atoms with Gasteiger partial charge in [-0.1, -0.05) is 83.5 Å². The highest BCUT2D eigenvalue weighted by Crippen LogP contribution is 2.40. The van der Waals surface area contributed by atoms with Crippen LogP contribution in [-0.4, -0.2) is 163 Å². The molecule has 0 aliphatic carbocycles. The lowest BCUT2D eigenvalue weighted by atomic mass is 9.84. The minimum atomic E-state index is -5.08. The number of hydrogen-bond acceptors (Lipinski definition) is 14. The molecule has 26 nitrogen and oxygen atoms in total. The number of alkyl halides is 3. The van der Waals surface area contributed by atoms with E-state index in [0.717, 1.165) is 28.7 Å². The van der Waals surface area contributed by atoms with E-state index >= 15 is 4.39 Å². The molecule has 5 rings (SSSR count). The number of hydrogen-bond donors (Lipinski definition) is 11. The predicted molar refractivity (Wildman–Crippen MR) is 326 cm³/mol. The van der Waals surface area contributed by atoms with Gasteiger partial charge in [0, 0.05) is 81.6 Å². The monoisotopic (exact) mass is 1310 g/mol. The first kappa shape index (κ1) is 75.8. The number of nitrogens with zero attached hydrogens (tertiary/aromatic N) is 4. The maximum atomic E-state index is 15.2. The highest BCUT2D eigenvalue weighted by molar-refractivity contribution is 6.12. The number of unbranched alkanes of at least 4 members (excludes halogenated alkanes) is 2. The molecule has 0 saturated heterocycles. The number of aliphatic carboxylic acids is 2. The molecule has 93 heavy (non-hydrogen) atoms. The second-order valence-electron chi connectivity index (χ2n) is 23.1. The number of benzene rings is 3. The third-order valence-electron chi connectivity index (χ3n) is 14.3. The zero-order chi connectivity index (χ0) is 69.3. The summed E-state index contributed by atoms with van der Waals surface area (Å²) in [5, 5.41) is 43.0. The Labute approximate surface area is 532 Å². The highest BCUT2D eigenvalue weighted by atomic mass is 19.4. The number of aliphatic hydroxyl groups is 1. The standard InChI is InChI=1S/C60H78F2N12O12.C2HF3O2/c1-36(2)52(71-47(76)16-10-7-11-29-73-49(78)23-24-50(73)79)57(83)70-44(15-12-27-66-59(64)86)56(82)67-40-20-17-37(18-21-40)31-45(58(84)85)68-48(77)25-28-65-55(81)43(63)26-30-74(51(80)35-75)53(60(3,4)5)54-69-46(41-32-39(61)19-22-42(41)62)34-72(54)33-38-13-8-6-9-14-38;3-2(4,5)1(6)7/h6,8-9,13-14,17-24,32,34,36,43-45,52-53,75H,7,10-12,15-16,25-31,33,35,63H2,1-5H3,(H,65,81)(H,67,82)(H,68,77)(H,70,83)(H,71,76)(H,84,85)(H3,64,66,86);(H,6,7)/t43-,44-,45-,52-,53-;/m0./s1. The number of carbonyl (C=O) groups is 11. The van der Waals surface area contributed by atoms with Crippen molar-refractivity contribution >= 4 is 70.9 Å². The molecule has 0 bridgehead atoms. The van der Waals surface area contributed by atoms with Gasteiger partial charge in [-0.3, -0.25) is 43.3 Å². The molecule has 0 unspecified atom stereocenters. The number of aliphatic hydroxyl groups excluding tert-OH is 1. The van der Waals surface area contributed by atoms with E-state index in [1.165, 1.54) is 41.3 Å². The van der Waals surface area contributed by atoms with E-state index in [0.29, 0.717) is 30.7 Å². The summed E-state index contributed by atoms with van der Waals surface area (Å²) in [5.74, 6) is -10.2. The fraction of sp³-hybridized carbons (Fsp3) is 0.452. The molecule has 3 aromatic carbocycles. The number of anilines is 1. The molecule has 0 fully saturated rings. The lowest BCUT2D eigenvalue weighted by Gasteiger charge is -2.40. The van der Waals surface area contributed by atoms with Crippen LogP contribution in [-0.2, 0) is 60.9 Å². The molecule has 2 heterocycles. The van der Waals surface area contributed by atoms with Crippen molar-refractivity contribution < 1.29 is 90.0 Å². The summed E-state index contributed by atoms with van der Waals surface area (Å²) in [5.41, 5.74) is 12.3. The van der Waals surface area contributed by atoms with Crippen molar-refractivity contribution in [3.63, 3.8) is 0 Å². The Morgan fingerprint density at radius 1 is 0.720 bits per heavy atom. The van der Waals surface area contributed by atoms with Gasteiger partial charge in [-0.05, 0) is 84.9 Å². The molecule has 0 spiro atoms. The quantitative estimate of drug-likeness (QED) is 0.0183. The number of halogens is 5. The molecule has 0 saturated carbocycles. The first-order valence-electron chi connectivity index (χ1n) is 29.6. The number of primary amides is 1. The lowest BCUT2D eigenvalue weighted by molar-refractivity contribution is -0.192. The Morgan fingerprint density at radius 3 is 1.94 bits per heavy atom. The summed E-state index contributed by atoms with van der Waals surface area (Å²) in [6.07, 6.45) is 0.00307. The molecule has 5 atom stereocenters. The smallest absolute Gasteiger partial charge is 0.480 e. The van der Waals surface area contributed by atoms with Crippen molar-refractivity contribution in [2.24, 2.45) is 22.8 Å². The molecule has 1 aliphatic heterocycles. The summed E-state index contributed by atoms with van der Waals surface area (Å²) < 4.78 is 63.0. The molecular weight excluding hydrogens is 1230 g/mol. The average molecular weight is 1310 g/mol. The van der Waals surface area contributed by atoms with Gasteiger partial charge in [0.2, 0.25) is 35.4 Å². The van der Waals surface area contributed by atoms with Crippen molar-refractivity contribution in [2.45, 2.75) is 135 Å². The summed E-state index contributed by atoms with van der Waals surface area (Å²) in [6, 6.07) is 11.8. The minimum absolute atomic E-state index is 0.0474. The van der Waals surface area contributed by atoms with Crippen LogP contribution in [0.4, 0.5) is 32.4 Å². The third kappa shape index (κ3) is 24.8. The van der Waals surface area contributed by atoms with Crippen molar-refractivity contribution in [1.82, 2.24) is 45.9 Å². The fourth-order valence-electron chi connectivity index (χ4n) is 9.57. The van der Waals surface area contributed by atoms with Gasteiger partial charge in [-0.2, -0.15) is 13.2 Å². The first-order chi connectivity index (χ1) is 43.7. The van der Waals surface area contributed by atoms with Gasteiger partial charge in [-0.25, -0.2) is 28.1 Å². The Balaban J connectivity index is 0.00000248. The number of aromatic nitrogens is 2. The number of nitrogens with two attached hydrogens (primary N) is 2. The van der Waals surface area contributed by atoms with Crippen LogP contribution >= 0.6 is 0 Å². The number of carboxylic acids is 2. The van der Waals surface area contributed by atoms with Crippen LogP contribution in [0.2, 0.25) is 0 Å². The van der Waals surface area contributed by atoms with Crippen LogP contribution in [0.25, 0.3) is 11.3 Å². The highest BCUT2D eigenvalue weighted by Gasteiger charge is 2.40. The van der Waals surface area contributed by atoms with Gasteiger partial charge < -0.3 is 68.2 Å². The van der Waals surface area contributed by atoms with E-state index in [1.807, 2.05) is 51.1 Å². The van der Waals surface area contributed by atoms with Crippen LogP contribution in [0.1, 0.15) is 109 Å². The van der Waals surface area contributed by atoms with Gasteiger partial charge >= 0.3 is 24.1 Å². The van der Waals surface area contributed by atoms with Gasteiger partial charge in [0.25, 0.3) is 11.8 Å². The molecule has 1 aliphatic rings. The number of imidazole rings is 1. The minimum Gasteiger partial charge on any atom is -0.480 e. The number of carbonyl (C=O) groups excluding carboxylic acids is 9. The van der Waals surface area contributed by atoms with Gasteiger partial charge in [0.15, 0.2) is 0 Å². The molecular formula is C62H79F5N12O14. The van der Waals surface area contributed by atoms with E-state index in [-0.39, 0.29) is 100 Å². The number of nitrogens with one attached hydrogen (secondary N) is 6. The normalized spacial score (nSPS) is 13.8. The summed E-state index contributed by atoms with van der Waals surface area (Å²) in [6.45, 7) is 8.15. The van der Waals surface area contributed by atoms with Crippen LogP contribution in [0.15, 0.2) is 91.1 Å². The van der Waals surface area contributed by atoms with Gasteiger partial charge in [0.1, 0.15) is 42.2 Å². The maximum absolute atomic E-state index is 15.2. The third-order valence-corrected chi connectivity index (χ3v) is 14.3. The summed E-state index contributed by atoms with van der Waals surface area (Å²) in [7, 11) is 0. The van der Waals surface area contributed by atoms with Crippen molar-refractivity contribution in [1.29, 1.82) is 0 Å². The van der Waals surface area contributed by atoms with E-state index in [4.69, 9.17) is 26.4 Å². The molecule has 1 aromatic heterocycles.